The summed E-state index contributed by atoms with van der Waals surface area (Å²) >= 11 is 0. The Balaban J connectivity index is 1.08. The minimum absolute atomic E-state index is 0.177. The SMILES string of the molecule is CC1(C)c2ccccc2-c2cc3c4cc(-c5nc(-c6ccccc6)nc(-c6ccccc6)n5)ccc4n(-c4cccc(-c5cc(-c6ccccc6)nc(-c6ccccc6)n5)c4)c3cc21. The van der Waals surface area contributed by atoms with E-state index in [1.54, 1.807) is 0 Å². The summed E-state index contributed by atoms with van der Waals surface area (Å²) in [6.45, 7) is 4.68. The van der Waals surface area contributed by atoms with Gasteiger partial charge < -0.3 is 4.57 Å². The van der Waals surface area contributed by atoms with Crippen LogP contribution in [0.2, 0.25) is 0 Å². The lowest BCUT2D eigenvalue weighted by Gasteiger charge is -2.21. The van der Waals surface area contributed by atoms with Crippen molar-refractivity contribution in [1.29, 1.82) is 0 Å². The predicted molar refractivity (Wildman–Crippen MR) is 260 cm³/mol. The molecule has 0 fully saturated rings. The van der Waals surface area contributed by atoms with Crippen LogP contribution in [0.1, 0.15) is 25.0 Å². The van der Waals surface area contributed by atoms with Crippen molar-refractivity contribution < 1.29 is 0 Å². The molecule has 0 atom stereocenters. The van der Waals surface area contributed by atoms with Crippen LogP contribution in [0.5, 0.6) is 0 Å². The van der Waals surface area contributed by atoms with Crippen molar-refractivity contribution >= 4 is 21.8 Å². The van der Waals surface area contributed by atoms with Gasteiger partial charge in [0, 0.05) is 55.3 Å². The number of fused-ring (bicyclic) bond motifs is 6. The molecule has 0 aliphatic heterocycles. The first-order chi connectivity index (χ1) is 31.5. The fraction of sp³-hybridized carbons (Fsp3) is 0.0517. The number of aromatic nitrogens is 6. The number of nitrogens with zero attached hydrogens (tertiary/aromatic N) is 6. The van der Waals surface area contributed by atoms with Gasteiger partial charge in [0.05, 0.1) is 22.4 Å². The van der Waals surface area contributed by atoms with Gasteiger partial charge in [-0.2, -0.15) is 0 Å². The molecule has 0 radical (unpaired) electrons. The van der Waals surface area contributed by atoms with Gasteiger partial charge in [0.15, 0.2) is 23.3 Å². The second-order valence-electron chi connectivity index (χ2n) is 16.9. The van der Waals surface area contributed by atoms with Gasteiger partial charge in [0.1, 0.15) is 0 Å². The Kier molecular flexibility index (Phi) is 8.73. The smallest absolute Gasteiger partial charge is 0.164 e. The molecule has 0 saturated heterocycles. The Morgan fingerprint density at radius 1 is 0.328 bits per heavy atom. The third kappa shape index (κ3) is 6.30. The maximum atomic E-state index is 5.20. The van der Waals surface area contributed by atoms with Crippen molar-refractivity contribution in [2.24, 2.45) is 0 Å². The average Bonchev–Trinajstić information content (AvgIpc) is 3.81. The fourth-order valence-corrected chi connectivity index (χ4v) is 9.44. The molecule has 3 aromatic heterocycles. The van der Waals surface area contributed by atoms with Crippen LogP contribution in [0.3, 0.4) is 0 Å². The molecule has 8 aromatic carbocycles. The van der Waals surface area contributed by atoms with Crippen molar-refractivity contribution in [1.82, 2.24) is 29.5 Å². The van der Waals surface area contributed by atoms with Crippen molar-refractivity contribution in [2.75, 3.05) is 0 Å². The molecule has 0 amide bonds. The Labute approximate surface area is 371 Å². The zero-order valence-electron chi connectivity index (χ0n) is 35.3. The maximum absolute atomic E-state index is 5.20. The predicted octanol–water partition coefficient (Wildman–Crippen LogP) is 14.1. The fourth-order valence-electron chi connectivity index (χ4n) is 9.44. The second kappa shape index (κ2) is 14.9. The van der Waals surface area contributed by atoms with Gasteiger partial charge in [-0.25, -0.2) is 24.9 Å². The normalized spacial score (nSPS) is 12.7. The minimum atomic E-state index is -0.177. The van der Waals surface area contributed by atoms with Gasteiger partial charge >= 0.3 is 0 Å². The lowest BCUT2D eigenvalue weighted by atomic mass is 9.82. The van der Waals surface area contributed by atoms with Crippen LogP contribution < -0.4 is 0 Å². The van der Waals surface area contributed by atoms with E-state index in [2.05, 4.69) is 140 Å². The maximum Gasteiger partial charge on any atom is 0.164 e. The van der Waals surface area contributed by atoms with E-state index in [-0.39, 0.29) is 5.41 Å². The number of rotatable bonds is 7. The molecule has 0 spiro atoms. The number of benzene rings is 8. The van der Waals surface area contributed by atoms with Crippen LogP contribution in [0.4, 0.5) is 0 Å². The van der Waals surface area contributed by atoms with Crippen LogP contribution in [0.25, 0.3) is 107 Å². The van der Waals surface area contributed by atoms with Gasteiger partial charge in [-0.05, 0) is 70.8 Å². The zero-order chi connectivity index (χ0) is 42.8. The number of hydrogen-bond donors (Lipinski definition) is 0. The Morgan fingerprint density at radius 2 is 0.828 bits per heavy atom. The highest BCUT2D eigenvalue weighted by Gasteiger charge is 2.36. The van der Waals surface area contributed by atoms with Gasteiger partial charge in [-0.3, -0.25) is 0 Å². The highest BCUT2D eigenvalue weighted by Crippen LogP contribution is 2.51. The van der Waals surface area contributed by atoms with Crippen molar-refractivity contribution in [3.8, 4) is 84.9 Å². The highest BCUT2D eigenvalue weighted by atomic mass is 15.0. The van der Waals surface area contributed by atoms with Crippen LogP contribution >= 0.6 is 0 Å². The zero-order valence-corrected chi connectivity index (χ0v) is 35.3. The van der Waals surface area contributed by atoms with Gasteiger partial charge in [-0.15, -0.1) is 0 Å². The van der Waals surface area contributed by atoms with Crippen molar-refractivity contribution in [3.63, 3.8) is 0 Å². The molecule has 12 rings (SSSR count). The first-order valence-corrected chi connectivity index (χ1v) is 21.7. The molecular weight excluding hydrogens is 781 g/mol. The summed E-state index contributed by atoms with van der Waals surface area (Å²) in [5.74, 6) is 2.58. The van der Waals surface area contributed by atoms with E-state index in [4.69, 9.17) is 24.9 Å². The first-order valence-electron chi connectivity index (χ1n) is 21.7. The van der Waals surface area contributed by atoms with E-state index in [0.717, 1.165) is 72.3 Å². The van der Waals surface area contributed by atoms with Crippen LogP contribution in [0.15, 0.2) is 206 Å². The minimum Gasteiger partial charge on any atom is -0.309 e. The summed E-state index contributed by atoms with van der Waals surface area (Å²) in [5.41, 5.74) is 15.8. The summed E-state index contributed by atoms with van der Waals surface area (Å²) in [5, 5.41) is 2.28. The molecule has 302 valence electrons. The third-order valence-electron chi connectivity index (χ3n) is 12.7. The van der Waals surface area contributed by atoms with E-state index in [1.165, 1.54) is 22.3 Å². The van der Waals surface area contributed by atoms with Crippen molar-refractivity contribution in [3.05, 3.63) is 217 Å². The molecular formula is C58H40N6. The van der Waals surface area contributed by atoms with E-state index in [1.807, 2.05) is 84.9 Å². The lowest BCUT2D eigenvalue weighted by Crippen LogP contribution is -2.14. The Bertz CT molecular complexity index is 3450. The topological polar surface area (TPSA) is 69.4 Å². The third-order valence-corrected chi connectivity index (χ3v) is 12.7. The molecule has 0 N–H and O–H groups in total. The Hall–Kier alpha value is -8.35. The van der Waals surface area contributed by atoms with Gasteiger partial charge in [0.25, 0.3) is 0 Å². The standard InChI is InChI=1S/C58H40N6/c1-58(2)48-29-16-15-28-44(48)45-34-47-46-33-42(57-62-55(39-22-11-5-12-23-39)61-56(63-57)40-24-13-6-14-25-40)30-31-52(46)64(53(47)35-49(45)58)43-27-17-26-41(32-43)51-36-50(37-18-7-3-8-19-37)59-54(60-51)38-20-9-4-10-21-38/h3-36H,1-2H3. The van der Waals surface area contributed by atoms with Gasteiger partial charge in [-0.1, -0.05) is 172 Å². The van der Waals surface area contributed by atoms with E-state index in [9.17, 15) is 0 Å². The molecule has 0 unspecified atom stereocenters. The van der Waals surface area contributed by atoms with Gasteiger partial charge in [0.2, 0.25) is 0 Å². The average molecular weight is 821 g/mol. The van der Waals surface area contributed by atoms with E-state index < -0.39 is 0 Å². The van der Waals surface area contributed by atoms with Crippen LogP contribution in [-0.4, -0.2) is 29.5 Å². The van der Waals surface area contributed by atoms with Crippen LogP contribution in [0, 0.1) is 0 Å². The molecule has 0 bridgehead atoms. The van der Waals surface area contributed by atoms with E-state index >= 15 is 0 Å². The summed E-state index contributed by atoms with van der Waals surface area (Å²) in [7, 11) is 0. The summed E-state index contributed by atoms with van der Waals surface area (Å²) in [6, 6.07) is 72.0. The molecule has 11 aromatic rings. The Morgan fingerprint density at radius 3 is 1.45 bits per heavy atom. The first kappa shape index (κ1) is 37.4. The molecule has 3 heterocycles. The molecule has 1 aliphatic rings. The molecule has 64 heavy (non-hydrogen) atoms. The molecule has 1 aliphatic carbocycles. The largest absolute Gasteiger partial charge is 0.309 e. The lowest BCUT2D eigenvalue weighted by molar-refractivity contribution is 0.661. The summed E-state index contributed by atoms with van der Waals surface area (Å²) in [6.07, 6.45) is 0. The molecule has 6 nitrogen and oxygen atoms in total. The monoisotopic (exact) mass is 820 g/mol. The second-order valence-corrected chi connectivity index (χ2v) is 16.9. The summed E-state index contributed by atoms with van der Waals surface area (Å²) in [4.78, 5) is 25.5. The highest BCUT2D eigenvalue weighted by molar-refractivity contribution is 6.12. The summed E-state index contributed by atoms with van der Waals surface area (Å²) < 4.78 is 2.41. The van der Waals surface area contributed by atoms with Crippen LogP contribution in [-0.2, 0) is 5.41 Å². The van der Waals surface area contributed by atoms with E-state index in [0.29, 0.717) is 23.3 Å². The number of hydrogen-bond acceptors (Lipinski definition) is 5. The molecule has 6 heteroatoms. The molecule has 0 saturated carbocycles. The van der Waals surface area contributed by atoms with Crippen molar-refractivity contribution in [2.45, 2.75) is 19.3 Å². The quantitative estimate of drug-likeness (QED) is 0.160.